The summed E-state index contributed by atoms with van der Waals surface area (Å²) in [5, 5.41) is 0. The molecule has 27 heavy (non-hydrogen) atoms. The molecule has 1 aliphatic carbocycles. The van der Waals surface area contributed by atoms with E-state index in [1.165, 1.54) is 61.9 Å². The summed E-state index contributed by atoms with van der Waals surface area (Å²) in [6.45, 7) is 6.95. The minimum Gasteiger partial charge on any atom is -0.497 e. The normalized spacial score (nSPS) is 27.0. The summed E-state index contributed by atoms with van der Waals surface area (Å²) < 4.78 is 5.54. The molecule has 2 heteroatoms. The van der Waals surface area contributed by atoms with Crippen molar-refractivity contribution in [1.82, 2.24) is 4.90 Å². The van der Waals surface area contributed by atoms with Crippen molar-refractivity contribution in [3.05, 3.63) is 65.2 Å². The lowest BCUT2D eigenvalue weighted by Gasteiger charge is -2.52. The van der Waals surface area contributed by atoms with Crippen LogP contribution in [0.2, 0.25) is 0 Å². The molecule has 0 spiro atoms. The first-order valence-corrected chi connectivity index (χ1v) is 10.6. The predicted molar refractivity (Wildman–Crippen MR) is 112 cm³/mol. The van der Waals surface area contributed by atoms with Crippen LogP contribution in [-0.4, -0.2) is 25.1 Å². The molecule has 4 rings (SSSR count). The first kappa shape index (κ1) is 18.6. The minimum atomic E-state index is 0.344. The number of likely N-dealkylation sites (tertiary alicyclic amines) is 1. The summed E-state index contributed by atoms with van der Waals surface area (Å²) >= 11 is 0. The van der Waals surface area contributed by atoms with Gasteiger partial charge in [0.15, 0.2) is 0 Å². The molecule has 2 fully saturated rings. The molecule has 3 atom stereocenters. The molecule has 1 aliphatic heterocycles. The molecule has 0 bridgehead atoms. The number of nitrogens with zero attached hydrogens (tertiary/aromatic N) is 1. The molecular weight excluding hydrogens is 330 g/mol. The van der Waals surface area contributed by atoms with E-state index >= 15 is 0 Å². The SMILES string of the molecule is COc1cccc(C23CCCCC2CN(C(C)c2ccc(C)cc2)CC3)c1. The minimum absolute atomic E-state index is 0.344. The molecule has 0 N–H and O–H groups in total. The van der Waals surface area contributed by atoms with E-state index in [0.29, 0.717) is 11.5 Å². The molecule has 3 unspecified atom stereocenters. The zero-order valence-electron chi connectivity index (χ0n) is 17.1. The molecule has 0 aromatic heterocycles. The highest BCUT2D eigenvalue weighted by atomic mass is 16.5. The van der Waals surface area contributed by atoms with Crippen LogP contribution in [0.25, 0.3) is 0 Å². The van der Waals surface area contributed by atoms with E-state index in [2.05, 4.69) is 67.3 Å². The van der Waals surface area contributed by atoms with Gasteiger partial charge in [-0.2, -0.15) is 0 Å². The van der Waals surface area contributed by atoms with E-state index in [1.54, 1.807) is 7.11 Å². The second kappa shape index (κ2) is 7.67. The molecule has 2 aliphatic rings. The molecule has 0 radical (unpaired) electrons. The summed E-state index contributed by atoms with van der Waals surface area (Å²) in [6.07, 6.45) is 6.69. The topological polar surface area (TPSA) is 12.5 Å². The third-order valence-electron chi connectivity index (χ3n) is 7.26. The number of aryl methyl sites for hydroxylation is 1. The Labute approximate surface area is 164 Å². The first-order chi connectivity index (χ1) is 13.1. The number of fused-ring (bicyclic) bond motifs is 1. The number of methoxy groups -OCH3 is 1. The van der Waals surface area contributed by atoms with E-state index in [1.807, 2.05) is 0 Å². The fourth-order valence-electron chi connectivity index (χ4n) is 5.49. The second-order valence-electron chi connectivity index (χ2n) is 8.66. The molecule has 2 aromatic carbocycles. The van der Waals surface area contributed by atoms with Crippen molar-refractivity contribution < 1.29 is 4.74 Å². The highest BCUT2D eigenvalue weighted by Gasteiger charge is 2.46. The van der Waals surface area contributed by atoms with Crippen molar-refractivity contribution in [2.24, 2.45) is 5.92 Å². The van der Waals surface area contributed by atoms with Gasteiger partial charge < -0.3 is 4.74 Å². The Bertz CT molecular complexity index is 768. The monoisotopic (exact) mass is 363 g/mol. The summed E-state index contributed by atoms with van der Waals surface area (Å²) in [5.74, 6) is 1.75. The molecule has 1 saturated carbocycles. The Hall–Kier alpha value is -1.80. The summed E-state index contributed by atoms with van der Waals surface area (Å²) in [6, 6.07) is 18.5. The average molecular weight is 364 g/mol. The van der Waals surface area contributed by atoms with Gasteiger partial charge in [0, 0.05) is 18.0 Å². The Morgan fingerprint density at radius 3 is 2.67 bits per heavy atom. The van der Waals surface area contributed by atoms with Crippen LogP contribution in [0.3, 0.4) is 0 Å². The smallest absolute Gasteiger partial charge is 0.119 e. The Morgan fingerprint density at radius 2 is 1.89 bits per heavy atom. The lowest BCUT2D eigenvalue weighted by atomic mass is 9.59. The van der Waals surface area contributed by atoms with Gasteiger partial charge in [0.2, 0.25) is 0 Å². The van der Waals surface area contributed by atoms with Gasteiger partial charge >= 0.3 is 0 Å². The van der Waals surface area contributed by atoms with Crippen LogP contribution < -0.4 is 4.74 Å². The predicted octanol–water partition coefficient (Wildman–Crippen LogP) is 5.90. The lowest BCUT2D eigenvalue weighted by Crippen LogP contribution is -2.51. The van der Waals surface area contributed by atoms with Crippen LogP contribution in [-0.2, 0) is 5.41 Å². The lowest BCUT2D eigenvalue weighted by molar-refractivity contribution is 0.0354. The van der Waals surface area contributed by atoms with Crippen molar-refractivity contribution in [1.29, 1.82) is 0 Å². The van der Waals surface area contributed by atoms with Gasteiger partial charge in [-0.3, -0.25) is 4.90 Å². The van der Waals surface area contributed by atoms with Crippen LogP contribution in [0.15, 0.2) is 48.5 Å². The Morgan fingerprint density at radius 1 is 1.07 bits per heavy atom. The number of hydrogen-bond donors (Lipinski definition) is 0. The number of ether oxygens (including phenoxy) is 1. The first-order valence-electron chi connectivity index (χ1n) is 10.6. The van der Waals surface area contributed by atoms with E-state index in [-0.39, 0.29) is 0 Å². The summed E-state index contributed by atoms with van der Waals surface area (Å²) in [5.41, 5.74) is 4.64. The standard InChI is InChI=1S/C25H33NO/c1-19-10-12-21(13-11-19)20(2)26-16-15-25(14-5-4-7-23(25)18-26)22-8-6-9-24(17-22)27-3/h6,8-13,17,20,23H,4-5,7,14-16,18H2,1-3H3. The number of benzene rings is 2. The molecule has 1 saturated heterocycles. The van der Waals surface area contributed by atoms with Crippen molar-refractivity contribution in [2.75, 3.05) is 20.2 Å². The fraction of sp³-hybridized carbons (Fsp3) is 0.520. The van der Waals surface area contributed by atoms with Gasteiger partial charge in [-0.05, 0) is 68.8 Å². The van der Waals surface area contributed by atoms with Crippen molar-refractivity contribution in [2.45, 2.75) is 57.4 Å². The van der Waals surface area contributed by atoms with Gasteiger partial charge in [-0.15, -0.1) is 0 Å². The number of rotatable bonds is 4. The number of hydrogen-bond acceptors (Lipinski definition) is 2. The largest absolute Gasteiger partial charge is 0.497 e. The zero-order chi connectivity index (χ0) is 18.9. The molecule has 0 amide bonds. The maximum absolute atomic E-state index is 5.54. The quantitative estimate of drug-likeness (QED) is 0.671. The van der Waals surface area contributed by atoms with Gasteiger partial charge in [0.05, 0.1) is 7.11 Å². The maximum atomic E-state index is 5.54. The van der Waals surface area contributed by atoms with Crippen LogP contribution in [0.5, 0.6) is 5.75 Å². The molecular formula is C25H33NO. The third-order valence-corrected chi connectivity index (χ3v) is 7.26. The van der Waals surface area contributed by atoms with Crippen LogP contribution in [0, 0.1) is 12.8 Å². The zero-order valence-corrected chi connectivity index (χ0v) is 17.1. The van der Waals surface area contributed by atoms with Crippen molar-refractivity contribution in [3.63, 3.8) is 0 Å². The molecule has 144 valence electrons. The van der Waals surface area contributed by atoms with E-state index in [4.69, 9.17) is 4.74 Å². The number of piperidine rings is 1. The van der Waals surface area contributed by atoms with Gasteiger partial charge in [-0.25, -0.2) is 0 Å². The van der Waals surface area contributed by atoms with Crippen LogP contribution in [0.4, 0.5) is 0 Å². The van der Waals surface area contributed by atoms with Gasteiger partial charge in [0.1, 0.15) is 5.75 Å². The highest BCUT2D eigenvalue weighted by Crippen LogP contribution is 2.50. The Kier molecular flexibility index (Phi) is 5.27. The highest BCUT2D eigenvalue weighted by molar-refractivity contribution is 5.36. The van der Waals surface area contributed by atoms with E-state index in [0.717, 1.165) is 11.7 Å². The fourth-order valence-corrected chi connectivity index (χ4v) is 5.49. The van der Waals surface area contributed by atoms with Crippen molar-refractivity contribution >= 4 is 0 Å². The molecule has 2 nitrogen and oxygen atoms in total. The maximum Gasteiger partial charge on any atom is 0.119 e. The van der Waals surface area contributed by atoms with E-state index < -0.39 is 0 Å². The third kappa shape index (κ3) is 3.52. The summed E-state index contributed by atoms with van der Waals surface area (Å²) in [4.78, 5) is 2.72. The van der Waals surface area contributed by atoms with Crippen LogP contribution >= 0.6 is 0 Å². The molecule has 2 aromatic rings. The van der Waals surface area contributed by atoms with Gasteiger partial charge in [0.25, 0.3) is 0 Å². The molecule has 1 heterocycles. The van der Waals surface area contributed by atoms with Crippen molar-refractivity contribution in [3.8, 4) is 5.75 Å². The van der Waals surface area contributed by atoms with Crippen LogP contribution in [0.1, 0.15) is 61.8 Å². The Balaban J connectivity index is 1.58. The van der Waals surface area contributed by atoms with E-state index in [9.17, 15) is 0 Å². The second-order valence-corrected chi connectivity index (χ2v) is 8.66. The van der Waals surface area contributed by atoms with Gasteiger partial charge in [-0.1, -0.05) is 54.8 Å². The summed E-state index contributed by atoms with van der Waals surface area (Å²) in [7, 11) is 1.78. The average Bonchev–Trinajstić information content (AvgIpc) is 2.73.